The number of alkyl carbamates (subject to hydrolysis) is 1. The number of methoxy groups -OCH3 is 1. The molecule has 1 aromatic rings. The number of carbonyl (C=O) groups excluding carboxylic acids is 4. The van der Waals surface area contributed by atoms with Gasteiger partial charge >= 0.3 is 12.1 Å². The zero-order valence-electron chi connectivity index (χ0n) is 23.9. The number of esters is 1. The van der Waals surface area contributed by atoms with Gasteiger partial charge in [0, 0.05) is 6.42 Å². The van der Waals surface area contributed by atoms with E-state index in [0.717, 1.165) is 5.56 Å². The average molecular weight is 546 g/mol. The van der Waals surface area contributed by atoms with E-state index in [1.54, 1.807) is 51.1 Å². The molecule has 0 fully saturated rings. The monoisotopic (exact) mass is 545 g/mol. The van der Waals surface area contributed by atoms with Crippen LogP contribution in [0.5, 0.6) is 5.75 Å². The van der Waals surface area contributed by atoms with E-state index in [1.165, 1.54) is 13.2 Å². The maximum absolute atomic E-state index is 13.4. The number of hydrogen-bond donors (Lipinski definition) is 3. The number of rotatable bonds is 15. The van der Waals surface area contributed by atoms with Crippen molar-refractivity contribution >= 4 is 23.9 Å². The van der Waals surface area contributed by atoms with Crippen LogP contribution in [0.1, 0.15) is 53.0 Å². The van der Waals surface area contributed by atoms with Crippen LogP contribution < -0.4 is 20.7 Å². The highest BCUT2D eigenvalue weighted by molar-refractivity contribution is 5.93. The molecule has 3 atom stereocenters. The Morgan fingerprint density at radius 1 is 0.897 bits per heavy atom. The van der Waals surface area contributed by atoms with Crippen molar-refractivity contribution in [3.63, 3.8) is 0 Å². The number of ether oxygens (including phenoxy) is 3. The van der Waals surface area contributed by atoms with Crippen molar-refractivity contribution < 1.29 is 33.4 Å². The highest BCUT2D eigenvalue weighted by Crippen LogP contribution is 2.15. The molecule has 0 aliphatic carbocycles. The Bertz CT molecular complexity index is 984. The number of benzene rings is 1. The van der Waals surface area contributed by atoms with Gasteiger partial charge in [-0.15, -0.1) is 6.58 Å². The standard InChI is InChI=1S/C29H43N3O7/c1-9-11-22(27(35)37-8)30-25(33)23(17-19(3)4)31-26(34)24(32-28(36)39-29(5,6)7)18-20-12-14-21(15-13-20)38-16-10-2/h9-10,12-15,19,22-24H,1-2,11,16-18H2,3-8H3,(H,30,33)(H,31,34)(H,32,36). The summed E-state index contributed by atoms with van der Waals surface area (Å²) >= 11 is 0. The first kappa shape index (κ1) is 33.2. The highest BCUT2D eigenvalue weighted by atomic mass is 16.6. The molecule has 3 unspecified atom stereocenters. The van der Waals surface area contributed by atoms with E-state index in [4.69, 9.17) is 14.2 Å². The molecule has 0 bridgehead atoms. The van der Waals surface area contributed by atoms with Gasteiger partial charge in [0.25, 0.3) is 0 Å². The maximum atomic E-state index is 13.4. The van der Waals surface area contributed by atoms with Gasteiger partial charge in [-0.25, -0.2) is 9.59 Å². The zero-order valence-corrected chi connectivity index (χ0v) is 23.9. The summed E-state index contributed by atoms with van der Waals surface area (Å²) in [5.74, 6) is -1.07. The van der Waals surface area contributed by atoms with Gasteiger partial charge in [-0.2, -0.15) is 0 Å². The second-order valence-electron chi connectivity index (χ2n) is 10.4. The largest absolute Gasteiger partial charge is 0.490 e. The van der Waals surface area contributed by atoms with E-state index >= 15 is 0 Å². The van der Waals surface area contributed by atoms with Crippen LogP contribution in [0.2, 0.25) is 0 Å². The minimum absolute atomic E-state index is 0.0393. The summed E-state index contributed by atoms with van der Waals surface area (Å²) in [7, 11) is 1.23. The van der Waals surface area contributed by atoms with E-state index in [2.05, 4.69) is 29.1 Å². The fourth-order valence-corrected chi connectivity index (χ4v) is 3.54. The Hall–Kier alpha value is -3.82. The first-order valence-corrected chi connectivity index (χ1v) is 12.9. The number of carbonyl (C=O) groups is 4. The summed E-state index contributed by atoms with van der Waals surface area (Å²) in [4.78, 5) is 51.2. The quantitative estimate of drug-likeness (QED) is 0.227. The maximum Gasteiger partial charge on any atom is 0.408 e. The van der Waals surface area contributed by atoms with Crippen molar-refractivity contribution in [2.24, 2.45) is 5.92 Å². The Balaban J connectivity index is 3.16. The molecule has 10 nitrogen and oxygen atoms in total. The van der Waals surface area contributed by atoms with Gasteiger partial charge in [-0.3, -0.25) is 9.59 Å². The van der Waals surface area contributed by atoms with Gasteiger partial charge in [0.2, 0.25) is 11.8 Å². The molecule has 0 radical (unpaired) electrons. The summed E-state index contributed by atoms with van der Waals surface area (Å²) in [6.45, 7) is 16.5. The Morgan fingerprint density at radius 3 is 2.00 bits per heavy atom. The molecular weight excluding hydrogens is 502 g/mol. The van der Waals surface area contributed by atoms with Gasteiger partial charge in [0.15, 0.2) is 0 Å². The second-order valence-corrected chi connectivity index (χ2v) is 10.4. The molecule has 0 spiro atoms. The van der Waals surface area contributed by atoms with Crippen LogP contribution in [0.15, 0.2) is 49.6 Å². The molecule has 1 rings (SSSR count). The summed E-state index contributed by atoms with van der Waals surface area (Å²) in [6.07, 6.45) is 2.95. The third-order valence-electron chi connectivity index (χ3n) is 5.28. The number of nitrogens with one attached hydrogen (secondary N) is 3. The molecule has 39 heavy (non-hydrogen) atoms. The lowest BCUT2D eigenvalue weighted by Crippen LogP contribution is -2.56. The first-order valence-electron chi connectivity index (χ1n) is 12.9. The molecule has 0 heterocycles. The topological polar surface area (TPSA) is 132 Å². The van der Waals surface area contributed by atoms with Gasteiger partial charge in [0.05, 0.1) is 7.11 Å². The van der Waals surface area contributed by atoms with Crippen molar-refractivity contribution in [3.05, 3.63) is 55.1 Å². The van der Waals surface area contributed by atoms with Crippen LogP contribution >= 0.6 is 0 Å². The number of amides is 3. The molecule has 10 heteroatoms. The molecule has 0 saturated heterocycles. The van der Waals surface area contributed by atoms with Gasteiger partial charge < -0.3 is 30.2 Å². The van der Waals surface area contributed by atoms with E-state index in [1.807, 2.05) is 13.8 Å². The lowest BCUT2D eigenvalue weighted by molar-refractivity contribution is -0.145. The fraction of sp³-hybridized carbons (Fsp3) is 0.517. The summed E-state index contributed by atoms with van der Waals surface area (Å²) in [5.41, 5.74) is -0.0256. The second kappa shape index (κ2) is 16.2. The lowest BCUT2D eigenvalue weighted by atomic mass is 10.0. The van der Waals surface area contributed by atoms with Gasteiger partial charge in [-0.05, 0) is 57.2 Å². The van der Waals surface area contributed by atoms with E-state index in [0.29, 0.717) is 18.8 Å². The van der Waals surface area contributed by atoms with Crippen molar-refractivity contribution in [1.82, 2.24) is 16.0 Å². The average Bonchev–Trinajstić information content (AvgIpc) is 2.85. The molecule has 0 aliphatic heterocycles. The predicted molar refractivity (Wildman–Crippen MR) is 149 cm³/mol. The van der Waals surface area contributed by atoms with Crippen LogP contribution in [-0.2, 0) is 30.3 Å². The fourth-order valence-electron chi connectivity index (χ4n) is 3.54. The summed E-state index contributed by atoms with van der Waals surface area (Å²) in [6, 6.07) is 4.11. The minimum atomic E-state index is -1.05. The molecule has 0 aromatic heterocycles. The minimum Gasteiger partial charge on any atom is -0.490 e. The summed E-state index contributed by atoms with van der Waals surface area (Å²) < 4.78 is 15.6. The molecule has 216 valence electrons. The van der Waals surface area contributed by atoms with Crippen LogP contribution in [-0.4, -0.2) is 61.3 Å². The lowest BCUT2D eigenvalue weighted by Gasteiger charge is -2.27. The Kier molecular flexibility index (Phi) is 13.8. The third-order valence-corrected chi connectivity index (χ3v) is 5.28. The molecule has 1 aromatic carbocycles. The van der Waals surface area contributed by atoms with Crippen molar-refractivity contribution in [1.29, 1.82) is 0 Å². The molecule has 3 N–H and O–H groups in total. The van der Waals surface area contributed by atoms with E-state index < -0.39 is 47.6 Å². The van der Waals surface area contributed by atoms with Crippen LogP contribution in [0.25, 0.3) is 0 Å². The SMILES string of the molecule is C=CCOc1ccc(CC(NC(=O)OC(C)(C)C)C(=O)NC(CC(C)C)C(=O)NC(CC=C)C(=O)OC)cc1. The molecule has 0 aliphatic rings. The van der Waals surface area contributed by atoms with Crippen molar-refractivity contribution in [2.45, 2.75) is 77.6 Å². The third kappa shape index (κ3) is 13.0. The Labute approximate surface area is 231 Å². The molecular formula is C29H43N3O7. The smallest absolute Gasteiger partial charge is 0.408 e. The number of hydrogen-bond acceptors (Lipinski definition) is 7. The molecule has 3 amide bonds. The highest BCUT2D eigenvalue weighted by Gasteiger charge is 2.31. The summed E-state index contributed by atoms with van der Waals surface area (Å²) in [5, 5.41) is 8.00. The Morgan fingerprint density at radius 2 is 1.49 bits per heavy atom. The van der Waals surface area contributed by atoms with Crippen molar-refractivity contribution in [3.8, 4) is 5.75 Å². The van der Waals surface area contributed by atoms with Crippen molar-refractivity contribution in [2.75, 3.05) is 13.7 Å². The van der Waals surface area contributed by atoms with Crippen LogP contribution in [0, 0.1) is 5.92 Å². The van der Waals surface area contributed by atoms with E-state index in [-0.39, 0.29) is 18.8 Å². The van der Waals surface area contributed by atoms with Gasteiger partial charge in [-0.1, -0.05) is 44.7 Å². The predicted octanol–water partition coefficient (Wildman–Crippen LogP) is 3.45. The zero-order chi connectivity index (χ0) is 29.6. The normalized spacial score (nSPS) is 13.3. The van der Waals surface area contributed by atoms with Gasteiger partial charge in [0.1, 0.15) is 36.1 Å². The molecule has 0 saturated carbocycles. The first-order chi connectivity index (χ1) is 18.3. The van der Waals surface area contributed by atoms with E-state index in [9.17, 15) is 19.2 Å². The van der Waals surface area contributed by atoms with Crippen LogP contribution in [0.3, 0.4) is 0 Å². The van der Waals surface area contributed by atoms with Crippen LogP contribution in [0.4, 0.5) is 4.79 Å².